The molecule has 27 heavy (non-hydrogen) atoms. The van der Waals surface area contributed by atoms with Crippen molar-refractivity contribution in [3.8, 4) is 5.75 Å². The number of para-hydroxylation sites is 1. The summed E-state index contributed by atoms with van der Waals surface area (Å²) in [6.07, 6.45) is 0. The van der Waals surface area contributed by atoms with Crippen LogP contribution in [-0.2, 0) is 6.61 Å². The Kier molecular flexibility index (Phi) is 6.09. The van der Waals surface area contributed by atoms with Gasteiger partial charge in [0.05, 0.1) is 11.6 Å². The fourth-order valence-corrected chi connectivity index (χ4v) is 2.85. The van der Waals surface area contributed by atoms with Crippen molar-refractivity contribution in [1.82, 2.24) is 5.32 Å². The number of nitrogens with one attached hydrogen (secondary N) is 1. The second-order valence-electron chi connectivity index (χ2n) is 6.12. The zero-order chi connectivity index (χ0) is 19.2. The Bertz CT molecular complexity index is 928. The van der Waals surface area contributed by atoms with Gasteiger partial charge in [0.15, 0.2) is 0 Å². The molecule has 3 rings (SSSR count). The minimum atomic E-state index is -0.310. The van der Waals surface area contributed by atoms with Crippen molar-refractivity contribution in [2.24, 2.45) is 0 Å². The molecule has 0 fully saturated rings. The van der Waals surface area contributed by atoms with Gasteiger partial charge in [0, 0.05) is 10.6 Å². The van der Waals surface area contributed by atoms with Crippen LogP contribution < -0.4 is 10.1 Å². The summed E-state index contributed by atoms with van der Waals surface area (Å²) in [5.74, 6) is -0.0987. The fraction of sp³-hybridized carbons (Fsp3) is 0.136. The van der Waals surface area contributed by atoms with Crippen LogP contribution in [0.2, 0.25) is 5.02 Å². The third kappa shape index (κ3) is 4.86. The van der Waals surface area contributed by atoms with Crippen LogP contribution in [-0.4, -0.2) is 5.91 Å². The second kappa shape index (κ2) is 8.69. The Labute approximate surface area is 162 Å². The van der Waals surface area contributed by atoms with E-state index in [1.807, 2.05) is 31.2 Å². The van der Waals surface area contributed by atoms with Gasteiger partial charge in [0.1, 0.15) is 18.2 Å². The molecule has 0 saturated heterocycles. The number of hydrogen-bond donors (Lipinski definition) is 1. The van der Waals surface area contributed by atoms with Gasteiger partial charge in [-0.1, -0.05) is 54.1 Å². The van der Waals surface area contributed by atoms with E-state index in [0.29, 0.717) is 16.3 Å². The van der Waals surface area contributed by atoms with Crippen LogP contribution in [0.15, 0.2) is 72.8 Å². The summed E-state index contributed by atoms with van der Waals surface area (Å²) in [6.45, 7) is 2.11. The van der Waals surface area contributed by atoms with Gasteiger partial charge in [-0.3, -0.25) is 4.79 Å². The molecule has 3 nitrogen and oxygen atoms in total. The first-order chi connectivity index (χ1) is 13.0. The largest absolute Gasteiger partial charge is 0.488 e. The first-order valence-corrected chi connectivity index (χ1v) is 8.94. The molecule has 0 saturated carbocycles. The monoisotopic (exact) mass is 383 g/mol. The third-order valence-electron chi connectivity index (χ3n) is 4.19. The van der Waals surface area contributed by atoms with Crippen molar-refractivity contribution in [1.29, 1.82) is 0 Å². The van der Waals surface area contributed by atoms with Crippen LogP contribution >= 0.6 is 11.6 Å². The van der Waals surface area contributed by atoms with Gasteiger partial charge >= 0.3 is 0 Å². The Balaban J connectivity index is 1.71. The lowest BCUT2D eigenvalue weighted by molar-refractivity contribution is 0.0935. The van der Waals surface area contributed by atoms with Crippen molar-refractivity contribution in [2.45, 2.75) is 19.6 Å². The van der Waals surface area contributed by atoms with Crippen molar-refractivity contribution in [3.63, 3.8) is 0 Å². The lowest BCUT2D eigenvalue weighted by Crippen LogP contribution is -2.27. The number of halogens is 2. The van der Waals surface area contributed by atoms with E-state index in [9.17, 15) is 9.18 Å². The van der Waals surface area contributed by atoms with Crippen molar-refractivity contribution in [2.75, 3.05) is 0 Å². The van der Waals surface area contributed by atoms with Crippen LogP contribution in [0.25, 0.3) is 0 Å². The number of hydrogen-bond acceptors (Lipinski definition) is 2. The molecule has 1 N–H and O–H groups in total. The Hall–Kier alpha value is -2.85. The number of benzene rings is 3. The molecule has 3 aromatic carbocycles. The van der Waals surface area contributed by atoms with E-state index in [1.165, 1.54) is 12.1 Å². The van der Waals surface area contributed by atoms with Crippen LogP contribution in [0.5, 0.6) is 5.75 Å². The highest BCUT2D eigenvalue weighted by molar-refractivity contribution is 6.31. The van der Waals surface area contributed by atoms with Crippen LogP contribution in [0.1, 0.15) is 34.5 Å². The lowest BCUT2D eigenvalue weighted by Gasteiger charge is -2.16. The highest BCUT2D eigenvalue weighted by Gasteiger charge is 2.16. The summed E-state index contributed by atoms with van der Waals surface area (Å²) in [7, 11) is 0. The minimum absolute atomic E-state index is 0.261. The molecule has 0 aromatic heterocycles. The zero-order valence-electron chi connectivity index (χ0n) is 14.8. The predicted molar refractivity (Wildman–Crippen MR) is 105 cm³/mol. The standard InChI is InChI=1S/C22H19ClFNO2/c1-15(16-10-12-18(24)13-11-16)25-22(26)19-7-3-5-9-21(19)27-14-17-6-2-4-8-20(17)23/h2-13,15H,14H2,1H3,(H,25,26). The molecule has 0 aliphatic carbocycles. The maximum absolute atomic E-state index is 13.1. The normalized spacial score (nSPS) is 11.7. The third-order valence-corrected chi connectivity index (χ3v) is 4.56. The Morgan fingerprint density at radius 3 is 2.44 bits per heavy atom. The van der Waals surface area contributed by atoms with Gasteiger partial charge in [-0.2, -0.15) is 0 Å². The van der Waals surface area contributed by atoms with E-state index in [2.05, 4.69) is 5.32 Å². The molecule has 0 aliphatic rings. The summed E-state index contributed by atoms with van der Waals surface area (Å²) >= 11 is 6.15. The molecule has 1 unspecified atom stereocenters. The second-order valence-corrected chi connectivity index (χ2v) is 6.53. The van der Waals surface area contributed by atoms with Crippen LogP contribution in [0, 0.1) is 5.82 Å². The molecule has 0 spiro atoms. The number of carbonyl (C=O) groups excluding carboxylic acids is 1. The van der Waals surface area contributed by atoms with Crippen molar-refractivity contribution >= 4 is 17.5 Å². The lowest BCUT2D eigenvalue weighted by atomic mass is 10.1. The SMILES string of the molecule is CC(NC(=O)c1ccccc1OCc1ccccc1Cl)c1ccc(F)cc1. The van der Waals surface area contributed by atoms with Crippen LogP contribution in [0.3, 0.4) is 0 Å². The molecule has 0 heterocycles. The quantitative estimate of drug-likeness (QED) is 0.606. The highest BCUT2D eigenvalue weighted by atomic mass is 35.5. The summed E-state index contributed by atoms with van der Waals surface area (Å²) in [5.41, 5.74) is 2.09. The van der Waals surface area contributed by atoms with Gasteiger partial charge in [0.2, 0.25) is 0 Å². The molecule has 0 aliphatic heterocycles. The van der Waals surface area contributed by atoms with Crippen molar-refractivity contribution in [3.05, 3.63) is 100 Å². The van der Waals surface area contributed by atoms with Gasteiger partial charge in [-0.25, -0.2) is 4.39 Å². The zero-order valence-corrected chi connectivity index (χ0v) is 15.5. The van der Waals surface area contributed by atoms with Gasteiger partial charge in [0.25, 0.3) is 5.91 Å². The molecule has 5 heteroatoms. The number of ether oxygens (including phenoxy) is 1. The smallest absolute Gasteiger partial charge is 0.255 e. The maximum Gasteiger partial charge on any atom is 0.255 e. The van der Waals surface area contributed by atoms with E-state index in [0.717, 1.165) is 11.1 Å². The first-order valence-electron chi connectivity index (χ1n) is 8.56. The average Bonchev–Trinajstić information content (AvgIpc) is 2.68. The summed E-state index contributed by atoms with van der Waals surface area (Å²) in [5, 5.41) is 3.53. The molecule has 0 bridgehead atoms. The number of rotatable bonds is 6. The van der Waals surface area contributed by atoms with Gasteiger partial charge in [-0.15, -0.1) is 0 Å². The van der Waals surface area contributed by atoms with Crippen molar-refractivity contribution < 1.29 is 13.9 Å². The van der Waals surface area contributed by atoms with E-state index < -0.39 is 0 Å². The van der Waals surface area contributed by atoms with E-state index in [4.69, 9.17) is 16.3 Å². The van der Waals surface area contributed by atoms with Crippen LogP contribution in [0.4, 0.5) is 4.39 Å². The molecular formula is C22H19ClFNO2. The Morgan fingerprint density at radius 1 is 1.04 bits per heavy atom. The molecule has 1 atom stereocenters. The number of carbonyl (C=O) groups is 1. The summed E-state index contributed by atoms with van der Waals surface area (Å²) in [6, 6.07) is 20.2. The van der Waals surface area contributed by atoms with Gasteiger partial charge < -0.3 is 10.1 Å². The maximum atomic E-state index is 13.1. The van der Waals surface area contributed by atoms with Gasteiger partial charge in [-0.05, 0) is 42.8 Å². The number of amides is 1. The van der Waals surface area contributed by atoms with E-state index >= 15 is 0 Å². The minimum Gasteiger partial charge on any atom is -0.488 e. The van der Waals surface area contributed by atoms with E-state index in [-0.39, 0.29) is 24.4 Å². The highest BCUT2D eigenvalue weighted by Crippen LogP contribution is 2.23. The average molecular weight is 384 g/mol. The molecule has 0 radical (unpaired) electrons. The molecule has 138 valence electrons. The molecule has 1 amide bonds. The fourth-order valence-electron chi connectivity index (χ4n) is 2.66. The topological polar surface area (TPSA) is 38.3 Å². The Morgan fingerprint density at radius 2 is 1.70 bits per heavy atom. The summed E-state index contributed by atoms with van der Waals surface area (Å²) in [4.78, 5) is 12.7. The molecule has 3 aromatic rings. The predicted octanol–water partition coefficient (Wildman–Crippen LogP) is 5.55. The molecular weight excluding hydrogens is 365 g/mol. The summed E-state index contributed by atoms with van der Waals surface area (Å²) < 4.78 is 18.9. The first kappa shape index (κ1) is 18.9. The van der Waals surface area contributed by atoms with E-state index in [1.54, 1.807) is 36.4 Å².